The van der Waals surface area contributed by atoms with Gasteiger partial charge in [-0.2, -0.15) is 0 Å². The Balaban J connectivity index is 1.66. The number of nitrogens with one attached hydrogen (secondary N) is 3. The molecule has 1 atom stereocenters. The second-order valence-corrected chi connectivity index (χ2v) is 5.20. The monoisotopic (exact) mass is 261 g/mol. The van der Waals surface area contributed by atoms with Gasteiger partial charge in [0.05, 0.1) is 0 Å². The van der Waals surface area contributed by atoms with Crippen molar-refractivity contribution in [2.24, 2.45) is 0 Å². The zero-order valence-corrected chi connectivity index (χ0v) is 11.5. The van der Waals surface area contributed by atoms with Crippen LogP contribution in [-0.4, -0.2) is 25.2 Å². The van der Waals surface area contributed by atoms with E-state index in [0.717, 1.165) is 18.5 Å². The predicted molar refractivity (Wildman–Crippen MR) is 77.1 cm³/mol. The van der Waals surface area contributed by atoms with Crippen LogP contribution < -0.4 is 16.0 Å². The first kappa shape index (κ1) is 13.9. The molecule has 4 nitrogen and oxygen atoms in total. The number of aryl methyl sites for hydroxylation is 1. The summed E-state index contributed by atoms with van der Waals surface area (Å²) < 4.78 is 0. The van der Waals surface area contributed by atoms with Crippen molar-refractivity contribution in [2.75, 3.05) is 13.1 Å². The van der Waals surface area contributed by atoms with Gasteiger partial charge in [0.25, 0.3) is 0 Å². The van der Waals surface area contributed by atoms with Crippen molar-refractivity contribution in [1.82, 2.24) is 16.0 Å². The third-order valence-electron chi connectivity index (χ3n) is 3.46. The zero-order valence-electron chi connectivity index (χ0n) is 11.5. The molecule has 4 heteroatoms. The van der Waals surface area contributed by atoms with Crippen LogP contribution in [0.1, 0.15) is 30.4 Å². The Bertz CT molecular complexity index is 414. The fourth-order valence-electron chi connectivity index (χ4n) is 2.38. The molecule has 1 aromatic rings. The van der Waals surface area contributed by atoms with Gasteiger partial charge < -0.3 is 16.0 Å². The molecule has 3 N–H and O–H groups in total. The van der Waals surface area contributed by atoms with E-state index < -0.39 is 0 Å². The standard InChI is InChI=1S/C15H23N3O/c1-12-5-4-6-13(9-12)10-17-15(19)18-11-14-7-2-3-8-16-14/h4-6,9,14,16H,2-3,7-8,10-11H2,1H3,(H2,17,18,19). The molecule has 0 saturated carbocycles. The second kappa shape index (κ2) is 7.14. The van der Waals surface area contributed by atoms with Crippen molar-refractivity contribution in [2.45, 2.75) is 38.8 Å². The predicted octanol–water partition coefficient (Wildman–Crippen LogP) is 1.94. The molecule has 104 valence electrons. The molecule has 1 aliphatic heterocycles. The van der Waals surface area contributed by atoms with Crippen LogP contribution in [0.15, 0.2) is 24.3 Å². The van der Waals surface area contributed by atoms with E-state index in [9.17, 15) is 4.79 Å². The number of rotatable bonds is 4. The lowest BCUT2D eigenvalue weighted by Crippen LogP contribution is -2.46. The van der Waals surface area contributed by atoms with E-state index in [1.165, 1.54) is 18.4 Å². The number of amides is 2. The number of hydrogen-bond donors (Lipinski definition) is 3. The van der Waals surface area contributed by atoms with Crippen LogP contribution in [0.2, 0.25) is 0 Å². The molecule has 1 fully saturated rings. The summed E-state index contributed by atoms with van der Waals surface area (Å²) >= 11 is 0. The first-order valence-corrected chi connectivity index (χ1v) is 7.04. The summed E-state index contributed by atoms with van der Waals surface area (Å²) in [6, 6.07) is 8.51. The highest BCUT2D eigenvalue weighted by Gasteiger charge is 2.12. The minimum absolute atomic E-state index is 0.0890. The quantitative estimate of drug-likeness (QED) is 0.776. The van der Waals surface area contributed by atoms with Gasteiger partial charge in [-0.05, 0) is 31.9 Å². The lowest BCUT2D eigenvalue weighted by atomic mass is 10.1. The number of hydrogen-bond acceptors (Lipinski definition) is 2. The van der Waals surface area contributed by atoms with E-state index in [1.54, 1.807) is 0 Å². The molecule has 1 unspecified atom stereocenters. The molecule has 0 spiro atoms. The lowest BCUT2D eigenvalue weighted by Gasteiger charge is -2.23. The van der Waals surface area contributed by atoms with E-state index in [4.69, 9.17) is 0 Å². The molecule has 1 aromatic carbocycles. The van der Waals surface area contributed by atoms with E-state index >= 15 is 0 Å². The van der Waals surface area contributed by atoms with E-state index in [-0.39, 0.29) is 6.03 Å². The maximum atomic E-state index is 11.7. The Labute approximate surface area is 115 Å². The van der Waals surface area contributed by atoms with Gasteiger partial charge in [-0.3, -0.25) is 0 Å². The summed E-state index contributed by atoms with van der Waals surface area (Å²) in [5, 5.41) is 9.23. The highest BCUT2D eigenvalue weighted by molar-refractivity contribution is 5.73. The normalized spacial score (nSPS) is 18.9. The molecule has 0 radical (unpaired) electrons. The van der Waals surface area contributed by atoms with Crippen LogP contribution in [0.3, 0.4) is 0 Å². The van der Waals surface area contributed by atoms with E-state index in [2.05, 4.69) is 35.0 Å². The van der Waals surface area contributed by atoms with Crippen molar-refractivity contribution in [1.29, 1.82) is 0 Å². The third kappa shape index (κ3) is 4.91. The van der Waals surface area contributed by atoms with Crippen LogP contribution in [0.5, 0.6) is 0 Å². The molecular weight excluding hydrogens is 238 g/mol. The van der Waals surface area contributed by atoms with Crippen LogP contribution >= 0.6 is 0 Å². The minimum Gasteiger partial charge on any atom is -0.337 e. The average molecular weight is 261 g/mol. The van der Waals surface area contributed by atoms with Crippen molar-refractivity contribution in [3.05, 3.63) is 35.4 Å². The van der Waals surface area contributed by atoms with Gasteiger partial charge >= 0.3 is 6.03 Å². The zero-order chi connectivity index (χ0) is 13.5. The fourth-order valence-corrected chi connectivity index (χ4v) is 2.38. The van der Waals surface area contributed by atoms with Gasteiger partial charge in [0.1, 0.15) is 0 Å². The molecular formula is C15H23N3O. The second-order valence-electron chi connectivity index (χ2n) is 5.20. The van der Waals surface area contributed by atoms with Crippen LogP contribution in [0, 0.1) is 6.92 Å². The highest BCUT2D eigenvalue weighted by atomic mass is 16.2. The van der Waals surface area contributed by atoms with Gasteiger partial charge in [0.15, 0.2) is 0 Å². The highest BCUT2D eigenvalue weighted by Crippen LogP contribution is 2.06. The largest absolute Gasteiger partial charge is 0.337 e. The molecule has 19 heavy (non-hydrogen) atoms. The summed E-state index contributed by atoms with van der Waals surface area (Å²) in [4.78, 5) is 11.7. The number of urea groups is 1. The Hall–Kier alpha value is -1.55. The lowest BCUT2D eigenvalue weighted by molar-refractivity contribution is 0.238. The summed E-state index contributed by atoms with van der Waals surface area (Å²) in [6.45, 7) is 4.40. The summed E-state index contributed by atoms with van der Waals surface area (Å²) in [5.74, 6) is 0. The Morgan fingerprint density at radius 2 is 2.26 bits per heavy atom. The van der Waals surface area contributed by atoms with Gasteiger partial charge in [-0.25, -0.2) is 4.79 Å². The molecule has 2 amide bonds. The fraction of sp³-hybridized carbons (Fsp3) is 0.533. The summed E-state index contributed by atoms with van der Waals surface area (Å²) in [6.07, 6.45) is 3.65. The maximum Gasteiger partial charge on any atom is 0.315 e. The molecule has 1 heterocycles. The van der Waals surface area contributed by atoms with E-state index in [1.807, 2.05) is 12.1 Å². The first-order chi connectivity index (χ1) is 9.24. The topological polar surface area (TPSA) is 53.2 Å². The van der Waals surface area contributed by atoms with Gasteiger partial charge in [0.2, 0.25) is 0 Å². The van der Waals surface area contributed by atoms with Gasteiger partial charge in [-0.1, -0.05) is 36.2 Å². The Morgan fingerprint density at radius 1 is 1.37 bits per heavy atom. The van der Waals surface area contributed by atoms with Crippen LogP contribution in [-0.2, 0) is 6.54 Å². The molecule has 0 bridgehead atoms. The SMILES string of the molecule is Cc1cccc(CNC(=O)NCC2CCCCN2)c1. The third-order valence-corrected chi connectivity index (χ3v) is 3.46. The van der Waals surface area contributed by atoms with Crippen LogP contribution in [0.4, 0.5) is 4.79 Å². The molecule has 1 aliphatic rings. The Kier molecular flexibility index (Phi) is 5.21. The average Bonchev–Trinajstić information content (AvgIpc) is 2.44. The summed E-state index contributed by atoms with van der Waals surface area (Å²) in [7, 11) is 0. The van der Waals surface area contributed by atoms with Crippen LogP contribution in [0.25, 0.3) is 0 Å². The maximum absolute atomic E-state index is 11.7. The number of carbonyl (C=O) groups excluding carboxylic acids is 1. The van der Waals surface area contributed by atoms with Crippen molar-refractivity contribution in [3.8, 4) is 0 Å². The number of piperidine rings is 1. The number of benzene rings is 1. The van der Waals surface area contributed by atoms with Gasteiger partial charge in [-0.15, -0.1) is 0 Å². The first-order valence-electron chi connectivity index (χ1n) is 7.04. The summed E-state index contributed by atoms with van der Waals surface area (Å²) in [5.41, 5.74) is 2.34. The minimum atomic E-state index is -0.0890. The van der Waals surface area contributed by atoms with E-state index in [0.29, 0.717) is 19.1 Å². The van der Waals surface area contributed by atoms with Gasteiger partial charge in [0, 0.05) is 19.1 Å². The van der Waals surface area contributed by atoms with Crippen molar-refractivity contribution in [3.63, 3.8) is 0 Å². The smallest absolute Gasteiger partial charge is 0.315 e. The Morgan fingerprint density at radius 3 is 3.00 bits per heavy atom. The molecule has 0 aromatic heterocycles. The van der Waals surface area contributed by atoms with Crippen molar-refractivity contribution >= 4 is 6.03 Å². The molecule has 1 saturated heterocycles. The van der Waals surface area contributed by atoms with Crippen molar-refractivity contribution < 1.29 is 4.79 Å². The number of carbonyl (C=O) groups is 1. The molecule has 0 aliphatic carbocycles. The molecule has 2 rings (SSSR count).